The molecule has 0 bridgehead atoms. The summed E-state index contributed by atoms with van der Waals surface area (Å²) in [6.45, 7) is 2.14. The van der Waals surface area contributed by atoms with Crippen molar-refractivity contribution in [2.75, 3.05) is 7.05 Å². The maximum Gasteiger partial charge on any atom is 0.149 e. The predicted molar refractivity (Wildman–Crippen MR) is 84.5 cm³/mol. The van der Waals surface area contributed by atoms with E-state index in [2.05, 4.69) is 23.0 Å². The van der Waals surface area contributed by atoms with Gasteiger partial charge in [-0.05, 0) is 44.1 Å². The first kappa shape index (κ1) is 15.1. The van der Waals surface area contributed by atoms with Gasteiger partial charge in [0.05, 0.1) is 0 Å². The number of carbonyl (C=O) groups is 1. The molecule has 3 heteroatoms. The van der Waals surface area contributed by atoms with Crippen LogP contribution in [0.15, 0.2) is 21.6 Å². The summed E-state index contributed by atoms with van der Waals surface area (Å²) in [6, 6.07) is 0. The zero-order valence-corrected chi connectivity index (χ0v) is 12.8. The molecule has 110 valence electrons. The van der Waals surface area contributed by atoms with Crippen molar-refractivity contribution in [1.82, 2.24) is 0 Å². The summed E-state index contributed by atoms with van der Waals surface area (Å²) in [5.74, 6) is 1.99. The fourth-order valence-corrected chi connectivity index (χ4v) is 2.89. The predicted octanol–water partition coefficient (Wildman–Crippen LogP) is 3.98. The molecule has 0 spiro atoms. The van der Waals surface area contributed by atoms with Crippen LogP contribution in [0.5, 0.6) is 0 Å². The minimum Gasteiger partial charge on any atom is -0.299 e. The van der Waals surface area contributed by atoms with E-state index in [4.69, 9.17) is 0 Å². The highest BCUT2D eigenvalue weighted by Crippen LogP contribution is 2.34. The fourth-order valence-electron chi connectivity index (χ4n) is 2.89. The first-order valence-corrected chi connectivity index (χ1v) is 7.98. The van der Waals surface area contributed by atoms with Crippen molar-refractivity contribution >= 4 is 17.8 Å². The Morgan fingerprint density at radius 3 is 2.65 bits per heavy atom. The van der Waals surface area contributed by atoms with E-state index in [-0.39, 0.29) is 5.92 Å². The summed E-state index contributed by atoms with van der Waals surface area (Å²) >= 11 is 0. The van der Waals surface area contributed by atoms with Crippen molar-refractivity contribution in [3.8, 4) is 0 Å². The van der Waals surface area contributed by atoms with Gasteiger partial charge in [-0.25, -0.2) is 4.99 Å². The van der Waals surface area contributed by atoms with Crippen LogP contribution in [-0.2, 0) is 4.79 Å². The van der Waals surface area contributed by atoms with E-state index in [9.17, 15) is 4.79 Å². The van der Waals surface area contributed by atoms with Gasteiger partial charge in [-0.3, -0.25) is 9.79 Å². The van der Waals surface area contributed by atoms with Crippen molar-refractivity contribution in [3.63, 3.8) is 0 Å². The van der Waals surface area contributed by atoms with Crippen LogP contribution in [0.4, 0.5) is 0 Å². The molecule has 0 aromatic rings. The van der Waals surface area contributed by atoms with Gasteiger partial charge in [-0.15, -0.1) is 0 Å². The summed E-state index contributed by atoms with van der Waals surface area (Å²) in [6.07, 6.45) is 12.5. The summed E-state index contributed by atoms with van der Waals surface area (Å²) in [4.78, 5) is 21.0. The maximum atomic E-state index is 12.2. The van der Waals surface area contributed by atoms with Gasteiger partial charge in [0.2, 0.25) is 0 Å². The molecule has 0 aromatic carbocycles. The van der Waals surface area contributed by atoms with E-state index < -0.39 is 0 Å². The number of unbranched alkanes of at least 4 members (excludes halogenated alkanes) is 1. The Labute approximate surface area is 122 Å². The third kappa shape index (κ3) is 3.65. The van der Waals surface area contributed by atoms with Crippen LogP contribution < -0.4 is 0 Å². The Morgan fingerprint density at radius 2 is 2.15 bits per heavy atom. The Morgan fingerprint density at radius 1 is 1.35 bits per heavy atom. The molecule has 2 aliphatic carbocycles. The smallest absolute Gasteiger partial charge is 0.149 e. The number of aliphatic imine (C=N–C) groups is 2. The molecule has 0 aromatic heterocycles. The molecular formula is C17H26N2O. The van der Waals surface area contributed by atoms with E-state index in [1.165, 1.54) is 12.0 Å². The van der Waals surface area contributed by atoms with Crippen LogP contribution in [0.25, 0.3) is 0 Å². The largest absolute Gasteiger partial charge is 0.299 e. The number of nitrogens with zero attached hydrogens (tertiary/aromatic N) is 2. The second-order valence-electron chi connectivity index (χ2n) is 5.88. The highest BCUT2D eigenvalue weighted by molar-refractivity contribution is 6.02. The number of rotatable bonds is 5. The standard InChI is InChI=1S/C17H26N2O/c1-3-4-12-19-17(18-2)15-10-8-14(9-11-15)16(20)13-6-5-7-13/h10,12-14H,3-9,11H2,1-2H3. The van der Waals surface area contributed by atoms with Crippen LogP contribution in [-0.4, -0.2) is 24.9 Å². The first-order valence-electron chi connectivity index (χ1n) is 7.98. The maximum absolute atomic E-state index is 12.2. The van der Waals surface area contributed by atoms with Gasteiger partial charge in [0.25, 0.3) is 0 Å². The number of hydrogen-bond donors (Lipinski definition) is 0. The van der Waals surface area contributed by atoms with Gasteiger partial charge in [-0.2, -0.15) is 0 Å². The Hall–Kier alpha value is -1.25. The van der Waals surface area contributed by atoms with Crippen LogP contribution >= 0.6 is 0 Å². The molecule has 1 atom stereocenters. The molecule has 1 saturated carbocycles. The molecule has 0 N–H and O–H groups in total. The van der Waals surface area contributed by atoms with Crippen LogP contribution in [0.3, 0.4) is 0 Å². The van der Waals surface area contributed by atoms with Gasteiger partial charge >= 0.3 is 0 Å². The lowest BCUT2D eigenvalue weighted by Crippen LogP contribution is -2.29. The van der Waals surface area contributed by atoms with Crippen LogP contribution in [0.2, 0.25) is 0 Å². The number of ketones is 1. The number of carbonyl (C=O) groups excluding carboxylic acids is 1. The molecule has 20 heavy (non-hydrogen) atoms. The van der Waals surface area contributed by atoms with E-state index in [0.717, 1.165) is 50.8 Å². The summed E-state index contributed by atoms with van der Waals surface area (Å²) in [5, 5.41) is 0. The second kappa shape index (κ2) is 7.51. The van der Waals surface area contributed by atoms with Crippen molar-refractivity contribution in [2.24, 2.45) is 21.8 Å². The topological polar surface area (TPSA) is 41.8 Å². The monoisotopic (exact) mass is 274 g/mol. The van der Waals surface area contributed by atoms with Gasteiger partial charge in [0, 0.05) is 25.1 Å². The summed E-state index contributed by atoms with van der Waals surface area (Å²) in [5.41, 5.74) is 1.22. The number of hydrogen-bond acceptors (Lipinski definition) is 2. The molecule has 1 fully saturated rings. The SMILES string of the molecule is CCCC=NC(=NC)C1=CCC(C(=O)C2CCC2)CC1. The molecule has 3 nitrogen and oxygen atoms in total. The third-order valence-corrected chi connectivity index (χ3v) is 4.45. The molecule has 0 heterocycles. The van der Waals surface area contributed by atoms with E-state index in [1.54, 1.807) is 7.05 Å². The first-order chi connectivity index (χ1) is 9.76. The average molecular weight is 274 g/mol. The number of Topliss-reactive ketones (excluding diaryl/α,β-unsaturated/α-hetero) is 1. The van der Waals surface area contributed by atoms with Crippen LogP contribution in [0.1, 0.15) is 58.3 Å². The van der Waals surface area contributed by atoms with Gasteiger partial charge in [-0.1, -0.05) is 25.8 Å². The van der Waals surface area contributed by atoms with Crippen molar-refractivity contribution in [1.29, 1.82) is 0 Å². The highest BCUT2D eigenvalue weighted by Gasteiger charge is 2.32. The molecule has 0 amide bonds. The molecule has 1 unspecified atom stereocenters. The molecule has 0 saturated heterocycles. The normalized spacial score (nSPS) is 24.6. The third-order valence-electron chi connectivity index (χ3n) is 4.45. The number of allylic oxidation sites excluding steroid dienone is 1. The zero-order chi connectivity index (χ0) is 14.4. The lowest BCUT2D eigenvalue weighted by atomic mass is 9.74. The average Bonchev–Trinajstić information content (AvgIpc) is 2.42. The van der Waals surface area contributed by atoms with Crippen LogP contribution in [0, 0.1) is 11.8 Å². The van der Waals surface area contributed by atoms with E-state index in [0.29, 0.717) is 11.7 Å². The number of amidine groups is 1. The quantitative estimate of drug-likeness (QED) is 0.552. The van der Waals surface area contributed by atoms with Gasteiger partial charge in [0.15, 0.2) is 0 Å². The molecule has 0 aliphatic heterocycles. The van der Waals surface area contributed by atoms with E-state index >= 15 is 0 Å². The van der Waals surface area contributed by atoms with Gasteiger partial charge < -0.3 is 0 Å². The van der Waals surface area contributed by atoms with Crippen molar-refractivity contribution in [3.05, 3.63) is 11.6 Å². The molecule has 2 rings (SSSR count). The van der Waals surface area contributed by atoms with E-state index in [1.807, 2.05) is 6.21 Å². The van der Waals surface area contributed by atoms with Gasteiger partial charge in [0.1, 0.15) is 11.6 Å². The zero-order valence-electron chi connectivity index (χ0n) is 12.8. The minimum absolute atomic E-state index is 0.252. The molecule has 2 aliphatic rings. The molecule has 0 radical (unpaired) electrons. The highest BCUT2D eigenvalue weighted by atomic mass is 16.1. The summed E-state index contributed by atoms with van der Waals surface area (Å²) in [7, 11) is 1.80. The lowest BCUT2D eigenvalue weighted by Gasteiger charge is -2.29. The minimum atomic E-state index is 0.252. The lowest BCUT2D eigenvalue weighted by molar-refractivity contribution is -0.129. The Bertz CT molecular complexity index is 430. The second-order valence-corrected chi connectivity index (χ2v) is 5.88. The Balaban J connectivity index is 1.92. The van der Waals surface area contributed by atoms with Crippen molar-refractivity contribution < 1.29 is 4.79 Å². The fraction of sp³-hybridized carbons (Fsp3) is 0.706. The molecular weight excluding hydrogens is 248 g/mol. The Kier molecular flexibility index (Phi) is 5.69. The van der Waals surface area contributed by atoms with Crippen molar-refractivity contribution in [2.45, 2.75) is 58.3 Å². The summed E-state index contributed by atoms with van der Waals surface area (Å²) < 4.78 is 0.